The van der Waals surface area contributed by atoms with Crippen molar-refractivity contribution in [3.05, 3.63) is 47.8 Å². The van der Waals surface area contributed by atoms with Crippen molar-refractivity contribution in [2.45, 2.75) is 38.5 Å². The lowest BCUT2D eigenvalue weighted by Crippen LogP contribution is -2.43. The number of aliphatic hydroxyl groups excluding tert-OH is 1. The summed E-state index contributed by atoms with van der Waals surface area (Å²) in [6.45, 7) is 3.95. The summed E-state index contributed by atoms with van der Waals surface area (Å²) < 4.78 is 15.8. The van der Waals surface area contributed by atoms with Crippen molar-refractivity contribution in [3.63, 3.8) is 0 Å². The SMILES string of the molecule is COCC(NC(=O)NC(C)CC(O)c1ccco1)c1ccc(C)o1. The molecule has 2 aromatic heterocycles. The molecule has 3 unspecified atom stereocenters. The van der Waals surface area contributed by atoms with Crippen LogP contribution in [0.25, 0.3) is 0 Å². The number of aliphatic hydroxyl groups is 1. The molecule has 0 bridgehead atoms. The van der Waals surface area contributed by atoms with Crippen molar-refractivity contribution in [1.82, 2.24) is 10.6 Å². The van der Waals surface area contributed by atoms with Crippen LogP contribution in [0, 0.1) is 6.92 Å². The fraction of sp³-hybridized carbons (Fsp3) is 0.471. The fourth-order valence-electron chi connectivity index (χ4n) is 2.42. The highest BCUT2D eigenvalue weighted by molar-refractivity contribution is 5.74. The number of methoxy groups -OCH3 is 1. The van der Waals surface area contributed by atoms with Crippen molar-refractivity contribution in [1.29, 1.82) is 0 Å². The second-order valence-corrected chi connectivity index (χ2v) is 5.74. The third-order valence-electron chi connectivity index (χ3n) is 3.57. The highest BCUT2D eigenvalue weighted by Gasteiger charge is 2.20. The first kappa shape index (κ1) is 18.1. The standard InChI is InChI=1S/C17H24N2O5/c1-11(9-14(20)16-5-4-8-23-16)18-17(21)19-13(10-22-3)15-7-6-12(2)24-15/h4-8,11,13-14,20H,9-10H2,1-3H3,(H2,18,19,21). The number of hydrogen-bond donors (Lipinski definition) is 3. The summed E-state index contributed by atoms with van der Waals surface area (Å²) in [5.41, 5.74) is 0. The minimum Gasteiger partial charge on any atom is -0.467 e. The van der Waals surface area contributed by atoms with Crippen LogP contribution in [0.5, 0.6) is 0 Å². The molecule has 0 aliphatic carbocycles. The largest absolute Gasteiger partial charge is 0.467 e. The Balaban J connectivity index is 1.86. The quantitative estimate of drug-likeness (QED) is 0.688. The van der Waals surface area contributed by atoms with Crippen LogP contribution in [0.15, 0.2) is 39.4 Å². The van der Waals surface area contributed by atoms with Gasteiger partial charge in [-0.15, -0.1) is 0 Å². The number of nitrogens with one attached hydrogen (secondary N) is 2. The Morgan fingerprint density at radius 2 is 2.08 bits per heavy atom. The molecule has 2 heterocycles. The maximum atomic E-state index is 12.2. The molecule has 2 rings (SSSR count). The smallest absolute Gasteiger partial charge is 0.315 e. The minimum absolute atomic E-state index is 0.244. The summed E-state index contributed by atoms with van der Waals surface area (Å²) in [5, 5.41) is 15.6. The first-order chi connectivity index (χ1) is 11.5. The molecule has 3 atom stereocenters. The predicted octanol–water partition coefficient (Wildman–Crippen LogP) is 2.68. The van der Waals surface area contributed by atoms with Gasteiger partial charge in [-0.2, -0.15) is 0 Å². The molecule has 0 aromatic carbocycles. The monoisotopic (exact) mass is 336 g/mol. The molecule has 0 aliphatic rings. The lowest BCUT2D eigenvalue weighted by Gasteiger charge is -2.20. The average molecular weight is 336 g/mol. The fourth-order valence-corrected chi connectivity index (χ4v) is 2.42. The van der Waals surface area contributed by atoms with E-state index in [1.54, 1.807) is 19.2 Å². The third kappa shape index (κ3) is 5.14. The highest BCUT2D eigenvalue weighted by atomic mass is 16.5. The lowest BCUT2D eigenvalue weighted by molar-refractivity contribution is 0.128. The molecular formula is C17H24N2O5. The van der Waals surface area contributed by atoms with Crippen molar-refractivity contribution < 1.29 is 23.5 Å². The van der Waals surface area contributed by atoms with Crippen molar-refractivity contribution in [2.75, 3.05) is 13.7 Å². The first-order valence-electron chi connectivity index (χ1n) is 7.83. The number of rotatable bonds is 8. The summed E-state index contributed by atoms with van der Waals surface area (Å²) >= 11 is 0. The lowest BCUT2D eigenvalue weighted by atomic mass is 10.1. The number of amides is 2. The summed E-state index contributed by atoms with van der Waals surface area (Å²) in [4.78, 5) is 12.2. The van der Waals surface area contributed by atoms with Gasteiger partial charge in [0.2, 0.25) is 0 Å². The van der Waals surface area contributed by atoms with Crippen LogP contribution in [0.3, 0.4) is 0 Å². The number of urea groups is 1. The van der Waals surface area contributed by atoms with Crippen LogP contribution in [-0.4, -0.2) is 30.9 Å². The van der Waals surface area contributed by atoms with Crippen LogP contribution in [0.2, 0.25) is 0 Å². The Bertz CT molecular complexity index is 623. The number of ether oxygens (including phenoxy) is 1. The normalized spacial score (nSPS) is 14.8. The van der Waals surface area contributed by atoms with Gasteiger partial charge in [0.05, 0.1) is 12.9 Å². The zero-order valence-corrected chi connectivity index (χ0v) is 14.1. The van der Waals surface area contributed by atoms with Gasteiger partial charge >= 0.3 is 6.03 Å². The molecule has 24 heavy (non-hydrogen) atoms. The van der Waals surface area contributed by atoms with E-state index in [4.69, 9.17) is 13.6 Å². The van der Waals surface area contributed by atoms with E-state index in [0.717, 1.165) is 5.76 Å². The maximum absolute atomic E-state index is 12.2. The topological polar surface area (TPSA) is 96.9 Å². The van der Waals surface area contributed by atoms with E-state index >= 15 is 0 Å². The number of furan rings is 2. The Kier molecular flexibility index (Phi) is 6.45. The van der Waals surface area contributed by atoms with Crippen molar-refractivity contribution in [3.8, 4) is 0 Å². The summed E-state index contributed by atoms with van der Waals surface area (Å²) in [6.07, 6.45) is 1.08. The number of aryl methyl sites for hydroxylation is 1. The van der Waals surface area contributed by atoms with Crippen LogP contribution >= 0.6 is 0 Å². The Hall–Kier alpha value is -2.25. The molecule has 0 spiro atoms. The Labute approximate surface area is 141 Å². The van der Waals surface area contributed by atoms with Crippen LogP contribution < -0.4 is 10.6 Å². The van der Waals surface area contributed by atoms with E-state index < -0.39 is 6.10 Å². The van der Waals surface area contributed by atoms with E-state index in [0.29, 0.717) is 24.5 Å². The van der Waals surface area contributed by atoms with Gasteiger partial charge in [0.15, 0.2) is 0 Å². The molecule has 7 nitrogen and oxygen atoms in total. The molecule has 0 radical (unpaired) electrons. The van der Waals surface area contributed by atoms with Gasteiger partial charge in [0.25, 0.3) is 0 Å². The Morgan fingerprint density at radius 1 is 1.29 bits per heavy atom. The zero-order chi connectivity index (χ0) is 17.5. The molecule has 7 heteroatoms. The van der Waals surface area contributed by atoms with Gasteiger partial charge < -0.3 is 29.3 Å². The molecule has 0 aliphatic heterocycles. The van der Waals surface area contributed by atoms with E-state index in [1.807, 2.05) is 26.0 Å². The van der Waals surface area contributed by atoms with Crippen molar-refractivity contribution in [2.24, 2.45) is 0 Å². The Morgan fingerprint density at radius 3 is 2.67 bits per heavy atom. The van der Waals surface area contributed by atoms with Gasteiger partial charge in [0, 0.05) is 19.6 Å². The first-order valence-corrected chi connectivity index (χ1v) is 7.83. The van der Waals surface area contributed by atoms with E-state index in [-0.39, 0.29) is 18.1 Å². The molecule has 0 saturated heterocycles. The highest BCUT2D eigenvalue weighted by Crippen LogP contribution is 2.19. The second-order valence-electron chi connectivity index (χ2n) is 5.74. The van der Waals surface area contributed by atoms with Gasteiger partial charge in [0.1, 0.15) is 29.4 Å². The molecule has 132 valence electrons. The number of carbonyl (C=O) groups is 1. The van der Waals surface area contributed by atoms with Gasteiger partial charge in [-0.05, 0) is 38.1 Å². The van der Waals surface area contributed by atoms with Gasteiger partial charge in [-0.1, -0.05) is 0 Å². The van der Waals surface area contributed by atoms with Crippen LogP contribution in [-0.2, 0) is 4.74 Å². The molecule has 2 aromatic rings. The second kappa shape index (κ2) is 8.56. The van der Waals surface area contributed by atoms with E-state index in [1.165, 1.54) is 6.26 Å². The molecular weight excluding hydrogens is 312 g/mol. The van der Waals surface area contributed by atoms with Crippen LogP contribution in [0.4, 0.5) is 4.79 Å². The molecule has 0 saturated carbocycles. The zero-order valence-electron chi connectivity index (χ0n) is 14.1. The van der Waals surface area contributed by atoms with E-state index in [2.05, 4.69) is 10.6 Å². The molecule has 2 amide bonds. The summed E-state index contributed by atoms with van der Waals surface area (Å²) in [6, 6.07) is 6.07. The molecule has 0 fully saturated rings. The average Bonchev–Trinajstić information content (AvgIpc) is 3.17. The van der Waals surface area contributed by atoms with Gasteiger partial charge in [-0.25, -0.2) is 4.79 Å². The number of hydrogen-bond acceptors (Lipinski definition) is 5. The minimum atomic E-state index is -0.766. The van der Waals surface area contributed by atoms with Gasteiger partial charge in [-0.3, -0.25) is 0 Å². The van der Waals surface area contributed by atoms with E-state index in [9.17, 15) is 9.90 Å². The van der Waals surface area contributed by atoms with Crippen LogP contribution in [0.1, 0.15) is 42.8 Å². The third-order valence-corrected chi connectivity index (χ3v) is 3.57. The number of carbonyl (C=O) groups excluding carboxylic acids is 1. The summed E-state index contributed by atoms with van der Waals surface area (Å²) in [5.74, 6) is 1.88. The molecule has 3 N–H and O–H groups in total. The van der Waals surface area contributed by atoms with Crippen molar-refractivity contribution >= 4 is 6.03 Å². The predicted molar refractivity (Wildman–Crippen MR) is 87.5 cm³/mol. The maximum Gasteiger partial charge on any atom is 0.315 e. The summed E-state index contributed by atoms with van der Waals surface area (Å²) in [7, 11) is 1.56.